The lowest BCUT2D eigenvalue weighted by molar-refractivity contribution is 0.416. The summed E-state index contributed by atoms with van der Waals surface area (Å²) in [7, 11) is 3.50. The highest BCUT2D eigenvalue weighted by molar-refractivity contribution is 5.70. The zero-order valence-corrected chi connectivity index (χ0v) is 14.9. The predicted molar refractivity (Wildman–Crippen MR) is 97.9 cm³/mol. The number of hydrogen-bond acceptors (Lipinski definition) is 3. The van der Waals surface area contributed by atoms with E-state index in [0.29, 0.717) is 11.4 Å². The molecule has 2 aromatic rings. The number of benzene rings is 2. The molecule has 0 aliphatic carbocycles. The fourth-order valence-corrected chi connectivity index (χ4v) is 2.24. The van der Waals surface area contributed by atoms with E-state index in [9.17, 15) is 8.78 Å². The van der Waals surface area contributed by atoms with Gasteiger partial charge in [-0.05, 0) is 31.5 Å². The maximum absolute atomic E-state index is 13.8. The van der Waals surface area contributed by atoms with Crippen molar-refractivity contribution in [3.05, 3.63) is 53.1 Å². The molecule has 0 saturated carbocycles. The van der Waals surface area contributed by atoms with E-state index in [1.807, 2.05) is 37.9 Å². The number of methoxy groups -OCH3 is 1. The van der Waals surface area contributed by atoms with Gasteiger partial charge in [0.15, 0.2) is 11.6 Å². The van der Waals surface area contributed by atoms with Gasteiger partial charge in [0, 0.05) is 31.8 Å². The Morgan fingerprint density at radius 2 is 2.04 bits per heavy atom. The highest BCUT2D eigenvalue weighted by Crippen LogP contribution is 2.33. The number of aliphatic imine (C=N–C) groups is 1. The molecule has 0 fully saturated rings. The average Bonchev–Trinajstić information content (AvgIpc) is 2.61. The lowest BCUT2D eigenvalue weighted by atomic mass is 10.1. The Balaban J connectivity index is 2.22. The van der Waals surface area contributed by atoms with E-state index in [0.717, 1.165) is 23.9 Å². The van der Waals surface area contributed by atoms with Gasteiger partial charge in [-0.2, -0.15) is 0 Å². The minimum Gasteiger partial charge on any atom is -0.495 e. The van der Waals surface area contributed by atoms with E-state index in [1.165, 1.54) is 6.07 Å². The molecule has 134 valence electrons. The third-order valence-electron chi connectivity index (χ3n) is 3.91. The zero-order chi connectivity index (χ0) is 18.4. The quantitative estimate of drug-likeness (QED) is 0.592. The molecule has 0 radical (unpaired) electrons. The molecule has 6 heteroatoms. The molecule has 1 N–H and O–H groups in total. The molecule has 4 nitrogen and oxygen atoms in total. The fourth-order valence-electron chi connectivity index (χ4n) is 2.24. The zero-order valence-electron chi connectivity index (χ0n) is 14.9. The first-order valence-corrected chi connectivity index (χ1v) is 8.06. The lowest BCUT2D eigenvalue weighted by Crippen LogP contribution is -2.14. The maximum Gasteiger partial charge on any atom is 0.163 e. The van der Waals surface area contributed by atoms with Crippen molar-refractivity contribution in [1.29, 1.82) is 0 Å². The van der Waals surface area contributed by atoms with E-state index in [2.05, 4.69) is 10.3 Å². The van der Waals surface area contributed by atoms with Crippen LogP contribution in [0.5, 0.6) is 5.75 Å². The van der Waals surface area contributed by atoms with Gasteiger partial charge >= 0.3 is 0 Å². The molecular weight excluding hydrogens is 324 g/mol. The van der Waals surface area contributed by atoms with Crippen LogP contribution in [0.15, 0.2) is 35.3 Å². The summed E-state index contributed by atoms with van der Waals surface area (Å²) in [5.41, 5.74) is 2.70. The van der Waals surface area contributed by atoms with Gasteiger partial charge in [-0.1, -0.05) is 12.1 Å². The van der Waals surface area contributed by atoms with Crippen LogP contribution in [0.4, 0.5) is 20.2 Å². The number of halogens is 2. The first kappa shape index (κ1) is 18.7. The summed E-state index contributed by atoms with van der Waals surface area (Å²) in [5.74, 6) is -1.10. The number of nitrogens with one attached hydrogen (secondary N) is 1. The normalized spacial score (nSPS) is 11.0. The molecule has 0 unspecified atom stereocenters. The Morgan fingerprint density at radius 1 is 1.28 bits per heavy atom. The number of nitrogens with zero attached hydrogens (tertiary/aromatic N) is 2. The Morgan fingerprint density at radius 3 is 2.72 bits per heavy atom. The second kappa shape index (κ2) is 8.46. The van der Waals surface area contributed by atoms with Crippen molar-refractivity contribution in [2.45, 2.75) is 20.4 Å². The largest absolute Gasteiger partial charge is 0.495 e. The van der Waals surface area contributed by atoms with Gasteiger partial charge in [0.2, 0.25) is 0 Å². The maximum atomic E-state index is 13.8. The molecule has 25 heavy (non-hydrogen) atoms. The summed E-state index contributed by atoms with van der Waals surface area (Å²) in [6.45, 7) is 4.99. The molecule has 0 spiro atoms. The van der Waals surface area contributed by atoms with E-state index >= 15 is 0 Å². The Bertz CT molecular complexity index is 763. The summed E-state index contributed by atoms with van der Waals surface area (Å²) < 4.78 is 32.5. The molecule has 0 aliphatic heterocycles. The van der Waals surface area contributed by atoms with Crippen molar-refractivity contribution in [3.63, 3.8) is 0 Å². The van der Waals surface area contributed by atoms with Gasteiger partial charge < -0.3 is 15.0 Å². The second-order valence-corrected chi connectivity index (χ2v) is 5.72. The molecule has 0 bridgehead atoms. The molecule has 2 aromatic carbocycles. The summed E-state index contributed by atoms with van der Waals surface area (Å²) in [6, 6.07) is 7.84. The van der Waals surface area contributed by atoms with Crippen LogP contribution in [0.3, 0.4) is 0 Å². The fraction of sp³-hybridized carbons (Fsp3) is 0.316. The summed E-state index contributed by atoms with van der Waals surface area (Å²) in [6.07, 6.45) is 1.76. The van der Waals surface area contributed by atoms with Crippen LogP contribution in [0.1, 0.15) is 18.1 Å². The minimum atomic E-state index is -0.854. The predicted octanol–water partition coefficient (Wildman–Crippen LogP) is 4.51. The molecule has 0 aromatic heterocycles. The van der Waals surface area contributed by atoms with Crippen LogP contribution >= 0.6 is 0 Å². The Hall–Kier alpha value is -2.63. The number of rotatable bonds is 7. The first-order valence-electron chi connectivity index (χ1n) is 8.06. The monoisotopic (exact) mass is 347 g/mol. The molecule has 0 heterocycles. The Labute approximate surface area is 147 Å². The number of ether oxygens (including phenoxy) is 1. The molecular formula is C19H23F2N3O. The number of anilines is 1. The van der Waals surface area contributed by atoms with Crippen LogP contribution in [0, 0.1) is 18.6 Å². The first-order chi connectivity index (χ1) is 12.0. The average molecular weight is 347 g/mol. The van der Waals surface area contributed by atoms with Crippen molar-refractivity contribution in [1.82, 2.24) is 4.90 Å². The molecule has 0 aliphatic rings. The smallest absolute Gasteiger partial charge is 0.163 e. The summed E-state index contributed by atoms with van der Waals surface area (Å²) in [4.78, 5) is 6.42. The third-order valence-corrected chi connectivity index (χ3v) is 3.91. The van der Waals surface area contributed by atoms with Crippen molar-refractivity contribution in [3.8, 4) is 5.75 Å². The SMILES string of the molecule is CCN(C)C=Nc1cc(OC)c(NCc2cccc(F)c2F)cc1C. The van der Waals surface area contributed by atoms with Gasteiger partial charge in [0.05, 0.1) is 24.8 Å². The van der Waals surface area contributed by atoms with Crippen molar-refractivity contribution in [2.75, 3.05) is 26.0 Å². The van der Waals surface area contributed by atoms with Crippen LogP contribution in [-0.4, -0.2) is 31.9 Å². The van der Waals surface area contributed by atoms with Crippen molar-refractivity contribution < 1.29 is 13.5 Å². The van der Waals surface area contributed by atoms with E-state index < -0.39 is 11.6 Å². The van der Waals surface area contributed by atoms with Crippen LogP contribution < -0.4 is 10.1 Å². The van der Waals surface area contributed by atoms with Crippen molar-refractivity contribution >= 4 is 17.7 Å². The highest BCUT2D eigenvalue weighted by atomic mass is 19.2. The van der Waals surface area contributed by atoms with Crippen LogP contribution in [0.25, 0.3) is 0 Å². The van der Waals surface area contributed by atoms with Crippen LogP contribution in [0.2, 0.25) is 0 Å². The molecule has 0 atom stereocenters. The van der Waals surface area contributed by atoms with Gasteiger partial charge in [-0.15, -0.1) is 0 Å². The summed E-state index contributed by atoms with van der Waals surface area (Å²) in [5, 5.41) is 3.10. The minimum absolute atomic E-state index is 0.153. The van der Waals surface area contributed by atoms with E-state index in [-0.39, 0.29) is 12.1 Å². The standard InChI is InChI=1S/C19H23F2N3O/c1-5-24(3)12-23-16-10-18(25-4)17(9-13(16)2)22-11-14-7-6-8-15(20)19(14)21/h6-10,12,22H,5,11H2,1-4H3. The topological polar surface area (TPSA) is 36.9 Å². The third kappa shape index (κ3) is 4.68. The van der Waals surface area contributed by atoms with Crippen LogP contribution in [-0.2, 0) is 6.54 Å². The highest BCUT2D eigenvalue weighted by Gasteiger charge is 2.11. The van der Waals surface area contributed by atoms with Crippen molar-refractivity contribution in [2.24, 2.45) is 4.99 Å². The lowest BCUT2D eigenvalue weighted by Gasteiger charge is -2.15. The Kier molecular flexibility index (Phi) is 6.33. The van der Waals surface area contributed by atoms with E-state index in [4.69, 9.17) is 4.74 Å². The summed E-state index contributed by atoms with van der Waals surface area (Å²) >= 11 is 0. The van der Waals surface area contributed by atoms with Gasteiger partial charge in [-0.3, -0.25) is 0 Å². The molecule has 0 amide bonds. The van der Waals surface area contributed by atoms with E-state index in [1.54, 1.807) is 19.5 Å². The van der Waals surface area contributed by atoms with Gasteiger partial charge in [-0.25, -0.2) is 13.8 Å². The number of aryl methyl sites for hydroxylation is 1. The van der Waals surface area contributed by atoms with Gasteiger partial charge in [0.1, 0.15) is 5.75 Å². The number of hydrogen-bond donors (Lipinski definition) is 1. The second-order valence-electron chi connectivity index (χ2n) is 5.72. The van der Waals surface area contributed by atoms with Gasteiger partial charge in [0.25, 0.3) is 0 Å². The molecule has 0 saturated heterocycles. The molecule has 2 rings (SSSR count).